The zero-order valence-corrected chi connectivity index (χ0v) is 22.4. The van der Waals surface area contributed by atoms with Crippen LogP contribution in [0.25, 0.3) is 16.6 Å². The molecule has 9 nitrogen and oxygen atoms in total. The lowest BCUT2D eigenvalue weighted by Gasteiger charge is -2.31. The second-order valence-corrected chi connectivity index (χ2v) is 10.8. The zero-order chi connectivity index (χ0) is 28.0. The Hall–Kier alpha value is -4.60. The van der Waals surface area contributed by atoms with Gasteiger partial charge in [-0.05, 0) is 80.9 Å². The van der Waals surface area contributed by atoms with E-state index in [4.69, 9.17) is 14.2 Å². The number of aromatic nitrogens is 2. The molecule has 2 amide bonds. The molecule has 6 rings (SSSR count). The van der Waals surface area contributed by atoms with Crippen molar-refractivity contribution in [1.82, 2.24) is 15.1 Å². The fourth-order valence-electron chi connectivity index (χ4n) is 5.21. The van der Waals surface area contributed by atoms with Gasteiger partial charge >= 0.3 is 6.09 Å². The predicted octanol–water partition coefficient (Wildman–Crippen LogP) is 5.31. The highest BCUT2D eigenvalue weighted by Crippen LogP contribution is 2.42. The number of fused-ring (bicyclic) bond motifs is 2. The molecular formula is C30H29FN4O5. The van der Waals surface area contributed by atoms with Gasteiger partial charge in [0.15, 0.2) is 11.5 Å². The van der Waals surface area contributed by atoms with Crippen LogP contribution in [0.1, 0.15) is 38.8 Å². The number of carbonyl (C=O) groups excluding carboxylic acids is 2. The van der Waals surface area contributed by atoms with Crippen LogP contribution in [0.3, 0.4) is 0 Å². The molecule has 1 N–H and O–H groups in total. The number of alkyl carbamates (subject to hydrolysis) is 1. The summed E-state index contributed by atoms with van der Waals surface area (Å²) >= 11 is 0. The highest BCUT2D eigenvalue weighted by Gasteiger charge is 2.43. The molecular weight excluding hydrogens is 515 g/mol. The van der Waals surface area contributed by atoms with Crippen molar-refractivity contribution >= 4 is 28.6 Å². The molecule has 4 aromatic rings. The van der Waals surface area contributed by atoms with Crippen LogP contribution in [0, 0.1) is 5.82 Å². The van der Waals surface area contributed by atoms with Gasteiger partial charge in [0.2, 0.25) is 5.91 Å². The third-order valence-corrected chi connectivity index (χ3v) is 6.83. The smallest absolute Gasteiger partial charge is 0.407 e. The Morgan fingerprint density at radius 2 is 1.73 bits per heavy atom. The first-order valence-corrected chi connectivity index (χ1v) is 13.1. The second kappa shape index (κ2) is 9.86. The molecule has 40 heavy (non-hydrogen) atoms. The number of nitrogens with zero attached hydrogens (tertiary/aromatic N) is 3. The maximum absolute atomic E-state index is 13.5. The number of carbonyl (C=O) groups is 2. The molecule has 1 saturated heterocycles. The number of anilines is 1. The highest BCUT2D eigenvalue weighted by molar-refractivity contribution is 6.00. The van der Waals surface area contributed by atoms with E-state index < -0.39 is 23.8 Å². The molecule has 0 radical (unpaired) electrons. The van der Waals surface area contributed by atoms with Crippen molar-refractivity contribution in [1.29, 1.82) is 0 Å². The van der Waals surface area contributed by atoms with Crippen LogP contribution in [0.2, 0.25) is 0 Å². The van der Waals surface area contributed by atoms with Gasteiger partial charge in [-0.2, -0.15) is 5.10 Å². The van der Waals surface area contributed by atoms with E-state index in [1.807, 2.05) is 36.4 Å². The molecule has 2 aliphatic rings. The van der Waals surface area contributed by atoms with E-state index in [0.717, 1.165) is 22.2 Å². The lowest BCUT2D eigenvalue weighted by Crippen LogP contribution is -2.42. The van der Waals surface area contributed by atoms with E-state index in [-0.39, 0.29) is 18.1 Å². The van der Waals surface area contributed by atoms with Gasteiger partial charge in [-0.3, -0.25) is 4.79 Å². The summed E-state index contributed by atoms with van der Waals surface area (Å²) in [6.45, 7) is 6.27. The molecule has 0 spiro atoms. The van der Waals surface area contributed by atoms with Crippen molar-refractivity contribution in [3.63, 3.8) is 0 Å². The minimum absolute atomic E-state index is 0.0885. The predicted molar refractivity (Wildman–Crippen MR) is 146 cm³/mol. The molecule has 206 valence electrons. The Labute approximate surface area is 230 Å². The highest BCUT2D eigenvalue weighted by atomic mass is 19.1. The normalized spacial score (nSPS) is 18.7. The van der Waals surface area contributed by atoms with Crippen molar-refractivity contribution in [2.45, 2.75) is 44.9 Å². The maximum Gasteiger partial charge on any atom is 0.407 e. The summed E-state index contributed by atoms with van der Waals surface area (Å²) in [4.78, 5) is 28.0. The fourth-order valence-corrected chi connectivity index (χ4v) is 5.21. The molecule has 0 saturated carbocycles. The van der Waals surface area contributed by atoms with Gasteiger partial charge in [0.25, 0.3) is 0 Å². The molecule has 2 atom stereocenters. The van der Waals surface area contributed by atoms with Crippen LogP contribution in [0.4, 0.5) is 14.9 Å². The van der Waals surface area contributed by atoms with Crippen LogP contribution < -0.4 is 19.7 Å². The van der Waals surface area contributed by atoms with Gasteiger partial charge in [0.1, 0.15) is 24.6 Å². The van der Waals surface area contributed by atoms with E-state index in [9.17, 15) is 14.0 Å². The van der Waals surface area contributed by atoms with Gasteiger partial charge in [-0.25, -0.2) is 13.9 Å². The molecule has 1 aromatic heterocycles. The zero-order valence-electron chi connectivity index (χ0n) is 22.4. The van der Waals surface area contributed by atoms with Crippen molar-refractivity contribution in [3.8, 4) is 17.2 Å². The number of benzene rings is 3. The van der Waals surface area contributed by atoms with E-state index in [1.54, 1.807) is 48.7 Å². The van der Waals surface area contributed by atoms with E-state index in [0.29, 0.717) is 30.4 Å². The molecule has 3 heterocycles. The van der Waals surface area contributed by atoms with Gasteiger partial charge in [0, 0.05) is 17.5 Å². The maximum atomic E-state index is 13.5. The summed E-state index contributed by atoms with van der Waals surface area (Å²) in [7, 11) is 0. The van der Waals surface area contributed by atoms with Crippen LogP contribution in [0.15, 0.2) is 66.9 Å². The van der Waals surface area contributed by atoms with Crippen LogP contribution in [-0.4, -0.2) is 46.6 Å². The largest absolute Gasteiger partial charge is 0.486 e. The second-order valence-electron chi connectivity index (χ2n) is 10.8. The lowest BCUT2D eigenvalue weighted by molar-refractivity contribution is -0.117. The first-order chi connectivity index (χ1) is 19.2. The Kier molecular flexibility index (Phi) is 6.32. The van der Waals surface area contributed by atoms with Gasteiger partial charge in [-0.15, -0.1) is 0 Å². The van der Waals surface area contributed by atoms with E-state index >= 15 is 0 Å². The van der Waals surface area contributed by atoms with Crippen molar-refractivity contribution < 1.29 is 28.2 Å². The number of rotatable bonds is 4. The minimum atomic E-state index is -0.686. The molecule has 10 heteroatoms. The van der Waals surface area contributed by atoms with E-state index in [1.165, 1.54) is 12.1 Å². The first kappa shape index (κ1) is 25.7. The minimum Gasteiger partial charge on any atom is -0.486 e. The molecule has 0 aliphatic carbocycles. The number of ether oxygens (including phenoxy) is 3. The standard InChI is InChI=1S/C30H29FN4O5/c1-30(2,3)40-29(37)33-23-16-27(36)34(28(23)18-4-11-25-26(15-18)39-13-12-38-25)22-9-10-24-19(14-22)17-32-35(24)21-7-5-20(31)6-8-21/h4-11,14-15,17,23,28H,12-13,16H2,1-3H3,(H,33,37)/t23-,28+/m1/s1. The van der Waals surface area contributed by atoms with Crippen molar-refractivity contribution in [3.05, 3.63) is 78.2 Å². The number of halogens is 1. The monoisotopic (exact) mass is 544 g/mol. The summed E-state index contributed by atoms with van der Waals surface area (Å²) in [6, 6.07) is 16.2. The third kappa shape index (κ3) is 4.92. The van der Waals surface area contributed by atoms with Crippen LogP contribution in [0.5, 0.6) is 11.5 Å². The van der Waals surface area contributed by atoms with E-state index in [2.05, 4.69) is 10.4 Å². The molecule has 2 aliphatic heterocycles. The lowest BCUT2D eigenvalue weighted by atomic mass is 9.99. The van der Waals surface area contributed by atoms with Crippen molar-refractivity contribution in [2.24, 2.45) is 0 Å². The Bertz CT molecular complexity index is 1590. The van der Waals surface area contributed by atoms with Crippen LogP contribution in [-0.2, 0) is 9.53 Å². The summed E-state index contributed by atoms with van der Waals surface area (Å²) in [6.07, 6.45) is 1.20. The quantitative estimate of drug-likeness (QED) is 0.374. The summed E-state index contributed by atoms with van der Waals surface area (Å²) in [5.74, 6) is 0.758. The summed E-state index contributed by atoms with van der Waals surface area (Å²) < 4.78 is 32.2. The third-order valence-electron chi connectivity index (χ3n) is 6.83. The summed E-state index contributed by atoms with van der Waals surface area (Å²) in [5, 5.41) is 8.21. The van der Waals surface area contributed by atoms with Gasteiger partial charge in [0.05, 0.1) is 29.5 Å². The van der Waals surface area contributed by atoms with Crippen molar-refractivity contribution in [2.75, 3.05) is 18.1 Å². The number of nitrogens with one attached hydrogen (secondary N) is 1. The van der Waals surface area contributed by atoms with Crippen LogP contribution >= 0.6 is 0 Å². The topological polar surface area (TPSA) is 94.9 Å². The Morgan fingerprint density at radius 3 is 2.48 bits per heavy atom. The molecule has 0 bridgehead atoms. The average Bonchev–Trinajstić information content (AvgIpc) is 3.47. The molecule has 0 unspecified atom stereocenters. The molecule has 3 aromatic carbocycles. The Balaban J connectivity index is 1.38. The van der Waals surface area contributed by atoms with Gasteiger partial charge in [-0.1, -0.05) is 6.07 Å². The average molecular weight is 545 g/mol. The Morgan fingerprint density at radius 1 is 1.00 bits per heavy atom. The first-order valence-electron chi connectivity index (χ1n) is 13.1. The number of hydrogen-bond acceptors (Lipinski definition) is 6. The van der Waals surface area contributed by atoms with Gasteiger partial charge < -0.3 is 24.4 Å². The SMILES string of the molecule is CC(C)(C)OC(=O)N[C@@H]1CC(=O)N(c2ccc3c(cnn3-c3ccc(F)cc3)c2)[C@H]1c1ccc2c(c1)OCCO2. The fraction of sp³-hybridized carbons (Fsp3) is 0.300. The molecule has 1 fully saturated rings. The number of amides is 2. The summed E-state index contributed by atoms with van der Waals surface area (Å²) in [5.41, 5.74) is 2.29. The number of hydrogen-bond donors (Lipinski definition) is 1.